The van der Waals surface area contributed by atoms with Crippen LogP contribution in [0.25, 0.3) is 0 Å². The number of aldehydes is 1. The maximum Gasteiger partial charge on any atom is 0.419 e. The highest BCUT2D eigenvalue weighted by molar-refractivity contribution is 5.54. The first-order valence-corrected chi connectivity index (χ1v) is 5.08. The number of carbonyl (C=O) groups excluding carboxylic acids is 1. The van der Waals surface area contributed by atoms with Crippen LogP contribution in [0.15, 0.2) is 18.2 Å². The Labute approximate surface area is 97.4 Å². The average molecular weight is 246 g/mol. The highest BCUT2D eigenvalue weighted by Gasteiger charge is 2.34. The first-order chi connectivity index (χ1) is 7.88. The molecule has 0 amide bonds. The van der Waals surface area contributed by atoms with Crippen molar-refractivity contribution >= 4 is 6.29 Å². The molecule has 1 unspecified atom stereocenters. The Kier molecular flexibility index (Phi) is 4.15. The standard InChI is InChI=1S/C12H13F3O2/c1-8(7-16)5-9-3-4-10(12(13,14)15)11(6-9)17-2/h3-4,6-8H,5H2,1-2H3. The summed E-state index contributed by atoms with van der Waals surface area (Å²) in [5.41, 5.74) is -0.156. The minimum absolute atomic E-state index is 0.215. The minimum Gasteiger partial charge on any atom is -0.496 e. The number of methoxy groups -OCH3 is 1. The molecule has 0 aliphatic heterocycles. The average Bonchev–Trinajstić information content (AvgIpc) is 2.27. The van der Waals surface area contributed by atoms with Gasteiger partial charge in [-0.1, -0.05) is 13.0 Å². The van der Waals surface area contributed by atoms with Crippen molar-refractivity contribution in [3.8, 4) is 5.75 Å². The van der Waals surface area contributed by atoms with E-state index in [2.05, 4.69) is 0 Å². The summed E-state index contributed by atoms with van der Waals surface area (Å²) in [6, 6.07) is 3.67. The maximum atomic E-state index is 12.6. The molecular weight excluding hydrogens is 233 g/mol. The second-order valence-corrected chi connectivity index (χ2v) is 3.85. The number of hydrogen-bond acceptors (Lipinski definition) is 2. The molecule has 0 fully saturated rings. The molecule has 0 aromatic heterocycles. The van der Waals surface area contributed by atoms with Gasteiger partial charge in [0.15, 0.2) is 0 Å². The van der Waals surface area contributed by atoms with Crippen LogP contribution in [0.2, 0.25) is 0 Å². The van der Waals surface area contributed by atoms with Gasteiger partial charge in [-0.15, -0.1) is 0 Å². The smallest absolute Gasteiger partial charge is 0.419 e. The van der Waals surface area contributed by atoms with Crippen molar-refractivity contribution in [2.45, 2.75) is 19.5 Å². The van der Waals surface area contributed by atoms with E-state index in [0.29, 0.717) is 12.0 Å². The van der Waals surface area contributed by atoms with Crippen molar-refractivity contribution in [1.82, 2.24) is 0 Å². The van der Waals surface area contributed by atoms with Gasteiger partial charge in [0, 0.05) is 5.92 Å². The normalized spacial score (nSPS) is 13.2. The van der Waals surface area contributed by atoms with Crippen LogP contribution >= 0.6 is 0 Å². The fourth-order valence-electron chi connectivity index (χ4n) is 1.52. The van der Waals surface area contributed by atoms with Gasteiger partial charge in [-0.25, -0.2) is 0 Å². The van der Waals surface area contributed by atoms with Gasteiger partial charge >= 0.3 is 6.18 Å². The van der Waals surface area contributed by atoms with Gasteiger partial charge in [0.1, 0.15) is 12.0 Å². The van der Waals surface area contributed by atoms with Crippen LogP contribution in [0.3, 0.4) is 0 Å². The van der Waals surface area contributed by atoms with Crippen LogP contribution in [0.4, 0.5) is 13.2 Å². The van der Waals surface area contributed by atoms with Gasteiger partial charge in [0.25, 0.3) is 0 Å². The summed E-state index contributed by atoms with van der Waals surface area (Å²) in [6.07, 6.45) is -3.26. The molecule has 2 nitrogen and oxygen atoms in total. The molecule has 1 atom stereocenters. The third-order valence-corrected chi connectivity index (χ3v) is 2.36. The lowest BCUT2D eigenvalue weighted by atomic mass is 10.0. The van der Waals surface area contributed by atoms with Crippen LogP contribution in [-0.2, 0) is 17.4 Å². The lowest BCUT2D eigenvalue weighted by Crippen LogP contribution is -2.08. The van der Waals surface area contributed by atoms with E-state index in [9.17, 15) is 18.0 Å². The maximum absolute atomic E-state index is 12.6. The molecule has 1 aromatic carbocycles. The van der Waals surface area contributed by atoms with E-state index < -0.39 is 11.7 Å². The first kappa shape index (κ1) is 13.5. The molecule has 94 valence electrons. The Hall–Kier alpha value is -1.52. The molecule has 0 N–H and O–H groups in total. The monoisotopic (exact) mass is 246 g/mol. The van der Waals surface area contributed by atoms with Crippen LogP contribution < -0.4 is 4.74 Å². The topological polar surface area (TPSA) is 26.3 Å². The summed E-state index contributed by atoms with van der Waals surface area (Å²) in [7, 11) is 1.19. The molecule has 0 saturated carbocycles. The fourth-order valence-corrected chi connectivity index (χ4v) is 1.52. The SMILES string of the molecule is COc1cc(CC(C)C=O)ccc1C(F)(F)F. The molecule has 0 aliphatic rings. The van der Waals surface area contributed by atoms with E-state index >= 15 is 0 Å². The van der Waals surface area contributed by atoms with Crippen LogP contribution in [-0.4, -0.2) is 13.4 Å². The molecule has 0 radical (unpaired) electrons. The number of rotatable bonds is 4. The molecule has 0 heterocycles. The minimum atomic E-state index is -4.43. The van der Waals surface area contributed by atoms with Gasteiger partial charge in [-0.3, -0.25) is 0 Å². The summed E-state index contributed by atoms with van der Waals surface area (Å²) in [5.74, 6) is -0.440. The highest BCUT2D eigenvalue weighted by atomic mass is 19.4. The quantitative estimate of drug-likeness (QED) is 0.763. The predicted molar refractivity (Wildman–Crippen MR) is 56.9 cm³/mol. The van der Waals surface area contributed by atoms with Gasteiger partial charge < -0.3 is 9.53 Å². The molecule has 0 spiro atoms. The van der Waals surface area contributed by atoms with Crippen molar-refractivity contribution in [3.63, 3.8) is 0 Å². The first-order valence-electron chi connectivity index (χ1n) is 5.08. The van der Waals surface area contributed by atoms with E-state index in [1.54, 1.807) is 6.92 Å². The van der Waals surface area contributed by atoms with Gasteiger partial charge in [0.2, 0.25) is 0 Å². The number of halogens is 3. The van der Waals surface area contributed by atoms with Gasteiger partial charge in [0.05, 0.1) is 12.7 Å². The van der Waals surface area contributed by atoms with Gasteiger partial charge in [-0.05, 0) is 24.1 Å². The molecule has 0 aliphatic carbocycles. The third-order valence-electron chi connectivity index (χ3n) is 2.36. The zero-order valence-electron chi connectivity index (χ0n) is 9.54. The van der Waals surface area contributed by atoms with E-state index in [4.69, 9.17) is 4.74 Å². The molecular formula is C12H13F3O2. The van der Waals surface area contributed by atoms with Crippen molar-refractivity contribution in [3.05, 3.63) is 29.3 Å². The molecule has 1 rings (SSSR count). The fraction of sp³-hybridized carbons (Fsp3) is 0.417. The van der Waals surface area contributed by atoms with E-state index in [1.807, 2.05) is 0 Å². The Balaban J connectivity index is 3.04. The molecule has 1 aromatic rings. The van der Waals surface area contributed by atoms with Crippen LogP contribution in [0, 0.1) is 5.92 Å². The Bertz CT molecular complexity index is 399. The summed E-state index contributed by atoms with van der Waals surface area (Å²) >= 11 is 0. The highest BCUT2D eigenvalue weighted by Crippen LogP contribution is 2.36. The predicted octanol–water partition coefficient (Wildman–Crippen LogP) is 3.09. The van der Waals surface area contributed by atoms with Crippen LogP contribution in [0.1, 0.15) is 18.1 Å². The van der Waals surface area contributed by atoms with E-state index in [0.717, 1.165) is 12.4 Å². The molecule has 0 saturated heterocycles. The Morgan fingerprint density at radius 2 is 2.06 bits per heavy atom. The lowest BCUT2D eigenvalue weighted by molar-refractivity contribution is -0.138. The zero-order chi connectivity index (χ0) is 13.1. The summed E-state index contributed by atoms with van der Waals surface area (Å²) in [5, 5.41) is 0. The van der Waals surface area contributed by atoms with Crippen molar-refractivity contribution in [1.29, 1.82) is 0 Å². The number of alkyl halides is 3. The zero-order valence-corrected chi connectivity index (χ0v) is 9.54. The van der Waals surface area contributed by atoms with Crippen molar-refractivity contribution in [2.24, 2.45) is 5.92 Å². The molecule has 5 heteroatoms. The molecule has 17 heavy (non-hydrogen) atoms. The Morgan fingerprint density at radius 3 is 2.53 bits per heavy atom. The summed E-state index contributed by atoms with van der Waals surface area (Å²) < 4.78 is 42.4. The second kappa shape index (κ2) is 5.21. The lowest BCUT2D eigenvalue weighted by Gasteiger charge is -2.13. The van der Waals surface area contributed by atoms with Gasteiger partial charge in [-0.2, -0.15) is 13.2 Å². The largest absolute Gasteiger partial charge is 0.496 e. The number of hydrogen-bond donors (Lipinski definition) is 0. The van der Waals surface area contributed by atoms with E-state index in [-0.39, 0.29) is 11.7 Å². The summed E-state index contributed by atoms with van der Waals surface area (Å²) in [4.78, 5) is 10.5. The molecule has 0 bridgehead atoms. The van der Waals surface area contributed by atoms with Crippen molar-refractivity contribution in [2.75, 3.05) is 7.11 Å². The third kappa shape index (κ3) is 3.47. The van der Waals surface area contributed by atoms with Crippen LogP contribution in [0.5, 0.6) is 5.75 Å². The van der Waals surface area contributed by atoms with E-state index in [1.165, 1.54) is 19.2 Å². The number of ether oxygens (including phenoxy) is 1. The second-order valence-electron chi connectivity index (χ2n) is 3.85. The van der Waals surface area contributed by atoms with Crippen molar-refractivity contribution < 1.29 is 22.7 Å². The Morgan fingerprint density at radius 1 is 1.41 bits per heavy atom. The summed E-state index contributed by atoms with van der Waals surface area (Å²) in [6.45, 7) is 1.71. The number of benzene rings is 1. The number of carbonyl (C=O) groups is 1.